The monoisotopic (exact) mass is 276 g/mol. The third-order valence-electron chi connectivity index (χ3n) is 3.44. The SMILES string of the molecule is CCCC(CCCl)CNc1ccnc2ccccc12. The van der Waals surface area contributed by atoms with Gasteiger partial charge in [0.1, 0.15) is 0 Å². The van der Waals surface area contributed by atoms with E-state index in [1.54, 1.807) is 0 Å². The van der Waals surface area contributed by atoms with Crippen molar-refractivity contribution >= 4 is 28.2 Å². The summed E-state index contributed by atoms with van der Waals surface area (Å²) >= 11 is 5.87. The van der Waals surface area contributed by atoms with Gasteiger partial charge in [-0.1, -0.05) is 31.5 Å². The van der Waals surface area contributed by atoms with Crippen LogP contribution < -0.4 is 5.32 Å². The van der Waals surface area contributed by atoms with E-state index >= 15 is 0 Å². The van der Waals surface area contributed by atoms with Crippen LogP contribution in [0.4, 0.5) is 5.69 Å². The van der Waals surface area contributed by atoms with E-state index in [4.69, 9.17) is 11.6 Å². The first-order chi connectivity index (χ1) is 9.35. The molecular weight excluding hydrogens is 256 g/mol. The van der Waals surface area contributed by atoms with Crippen molar-refractivity contribution in [1.82, 2.24) is 4.98 Å². The molecular formula is C16H21ClN2. The quantitative estimate of drug-likeness (QED) is 0.742. The van der Waals surface area contributed by atoms with E-state index < -0.39 is 0 Å². The Bertz CT molecular complexity index is 502. The molecule has 1 heterocycles. The number of aromatic nitrogens is 1. The summed E-state index contributed by atoms with van der Waals surface area (Å²) in [4.78, 5) is 4.38. The molecule has 0 saturated carbocycles. The van der Waals surface area contributed by atoms with Crippen molar-refractivity contribution in [2.75, 3.05) is 17.7 Å². The summed E-state index contributed by atoms with van der Waals surface area (Å²) in [7, 11) is 0. The highest BCUT2D eigenvalue weighted by molar-refractivity contribution is 6.17. The smallest absolute Gasteiger partial charge is 0.0722 e. The Kier molecular flexibility index (Phi) is 5.46. The average molecular weight is 277 g/mol. The van der Waals surface area contributed by atoms with Crippen LogP contribution in [0.15, 0.2) is 36.5 Å². The molecule has 0 saturated heterocycles. The van der Waals surface area contributed by atoms with Gasteiger partial charge in [0.05, 0.1) is 5.52 Å². The lowest BCUT2D eigenvalue weighted by Gasteiger charge is -2.17. The minimum atomic E-state index is 0.648. The summed E-state index contributed by atoms with van der Waals surface area (Å²) < 4.78 is 0. The number of hydrogen-bond donors (Lipinski definition) is 1. The van der Waals surface area contributed by atoms with Gasteiger partial charge in [0.25, 0.3) is 0 Å². The first-order valence-electron chi connectivity index (χ1n) is 6.98. The molecule has 1 aromatic carbocycles. The molecule has 0 aliphatic rings. The van der Waals surface area contributed by atoms with Gasteiger partial charge in [0.15, 0.2) is 0 Å². The van der Waals surface area contributed by atoms with Gasteiger partial charge < -0.3 is 5.32 Å². The lowest BCUT2D eigenvalue weighted by Crippen LogP contribution is -2.15. The van der Waals surface area contributed by atoms with Crippen LogP contribution in [-0.4, -0.2) is 17.4 Å². The summed E-state index contributed by atoms with van der Waals surface area (Å²) in [5, 5.41) is 4.74. The van der Waals surface area contributed by atoms with E-state index in [0.29, 0.717) is 5.92 Å². The van der Waals surface area contributed by atoms with Crippen molar-refractivity contribution in [2.24, 2.45) is 5.92 Å². The number of para-hydroxylation sites is 1. The number of hydrogen-bond acceptors (Lipinski definition) is 2. The molecule has 2 aromatic rings. The molecule has 0 spiro atoms. The maximum atomic E-state index is 5.87. The molecule has 1 N–H and O–H groups in total. The largest absolute Gasteiger partial charge is 0.384 e. The number of halogens is 1. The van der Waals surface area contributed by atoms with Crippen LogP contribution >= 0.6 is 11.6 Å². The number of nitrogens with zero attached hydrogens (tertiary/aromatic N) is 1. The van der Waals surface area contributed by atoms with Crippen LogP contribution in [-0.2, 0) is 0 Å². The number of fused-ring (bicyclic) bond motifs is 1. The molecule has 19 heavy (non-hydrogen) atoms. The van der Waals surface area contributed by atoms with Crippen LogP contribution in [0, 0.1) is 5.92 Å². The second-order valence-electron chi connectivity index (χ2n) is 4.89. The molecule has 0 radical (unpaired) electrons. The lowest BCUT2D eigenvalue weighted by atomic mass is 10.0. The molecule has 3 heteroatoms. The standard InChI is InChI=1S/C16H21ClN2/c1-2-5-13(8-10-17)12-19-16-9-11-18-15-7-4-3-6-14(15)16/h3-4,6-7,9,11,13H,2,5,8,10,12H2,1H3,(H,18,19). The molecule has 0 fully saturated rings. The van der Waals surface area contributed by atoms with Crippen molar-refractivity contribution < 1.29 is 0 Å². The van der Waals surface area contributed by atoms with Gasteiger partial charge in [0.2, 0.25) is 0 Å². The Morgan fingerprint density at radius 3 is 2.84 bits per heavy atom. The zero-order chi connectivity index (χ0) is 13.5. The van der Waals surface area contributed by atoms with Crippen molar-refractivity contribution in [3.63, 3.8) is 0 Å². The minimum Gasteiger partial charge on any atom is -0.384 e. The van der Waals surface area contributed by atoms with Crippen molar-refractivity contribution in [3.05, 3.63) is 36.5 Å². The van der Waals surface area contributed by atoms with Gasteiger partial charge >= 0.3 is 0 Å². The van der Waals surface area contributed by atoms with Crippen molar-refractivity contribution in [3.8, 4) is 0 Å². The van der Waals surface area contributed by atoms with Crippen LogP contribution in [0.5, 0.6) is 0 Å². The Morgan fingerprint density at radius 2 is 2.05 bits per heavy atom. The normalized spacial score (nSPS) is 12.5. The highest BCUT2D eigenvalue weighted by Crippen LogP contribution is 2.22. The lowest BCUT2D eigenvalue weighted by molar-refractivity contribution is 0.490. The molecule has 2 rings (SSSR count). The number of benzene rings is 1. The minimum absolute atomic E-state index is 0.648. The topological polar surface area (TPSA) is 24.9 Å². The fourth-order valence-corrected chi connectivity index (χ4v) is 2.72. The first kappa shape index (κ1) is 14.1. The van der Waals surface area contributed by atoms with Gasteiger partial charge in [-0.05, 0) is 30.9 Å². The van der Waals surface area contributed by atoms with Crippen LogP contribution in [0.25, 0.3) is 10.9 Å². The molecule has 0 aliphatic carbocycles. The Morgan fingerprint density at radius 1 is 1.21 bits per heavy atom. The second kappa shape index (κ2) is 7.34. The zero-order valence-electron chi connectivity index (χ0n) is 11.4. The van der Waals surface area contributed by atoms with Crippen molar-refractivity contribution in [1.29, 1.82) is 0 Å². The summed E-state index contributed by atoms with van der Waals surface area (Å²) in [6, 6.07) is 10.3. The van der Waals surface area contributed by atoms with Gasteiger partial charge in [-0.2, -0.15) is 0 Å². The first-order valence-corrected chi connectivity index (χ1v) is 7.52. The predicted molar refractivity (Wildman–Crippen MR) is 84.0 cm³/mol. The molecule has 0 aliphatic heterocycles. The maximum absolute atomic E-state index is 5.87. The third-order valence-corrected chi connectivity index (χ3v) is 3.66. The van der Waals surface area contributed by atoms with Gasteiger partial charge in [-0.15, -0.1) is 11.6 Å². The van der Waals surface area contributed by atoms with E-state index in [0.717, 1.165) is 24.4 Å². The molecule has 2 nitrogen and oxygen atoms in total. The summed E-state index contributed by atoms with van der Waals surface area (Å²) in [5.74, 6) is 1.39. The molecule has 1 atom stereocenters. The van der Waals surface area contributed by atoms with E-state index in [9.17, 15) is 0 Å². The number of rotatable bonds is 7. The molecule has 0 amide bonds. The van der Waals surface area contributed by atoms with Gasteiger partial charge in [0, 0.05) is 29.7 Å². The summed E-state index contributed by atoms with van der Waals surface area (Å²) in [6.45, 7) is 3.21. The van der Waals surface area contributed by atoms with Crippen LogP contribution in [0.3, 0.4) is 0 Å². The number of anilines is 1. The average Bonchev–Trinajstić information content (AvgIpc) is 2.45. The number of alkyl halides is 1. The third kappa shape index (κ3) is 3.84. The fourth-order valence-electron chi connectivity index (χ4n) is 2.42. The highest BCUT2D eigenvalue weighted by atomic mass is 35.5. The van der Waals surface area contributed by atoms with Crippen LogP contribution in [0.1, 0.15) is 26.2 Å². The Hall–Kier alpha value is -1.28. The van der Waals surface area contributed by atoms with Gasteiger partial charge in [-0.25, -0.2) is 0 Å². The zero-order valence-corrected chi connectivity index (χ0v) is 12.2. The Labute approximate surface area is 120 Å². The fraction of sp³-hybridized carbons (Fsp3) is 0.438. The van der Waals surface area contributed by atoms with Crippen molar-refractivity contribution in [2.45, 2.75) is 26.2 Å². The molecule has 1 unspecified atom stereocenters. The second-order valence-corrected chi connectivity index (χ2v) is 5.27. The summed E-state index contributed by atoms with van der Waals surface area (Å²) in [6.07, 6.45) is 5.37. The highest BCUT2D eigenvalue weighted by Gasteiger charge is 2.08. The van der Waals surface area contributed by atoms with E-state index in [-0.39, 0.29) is 0 Å². The van der Waals surface area contributed by atoms with E-state index in [1.165, 1.54) is 23.9 Å². The van der Waals surface area contributed by atoms with E-state index in [2.05, 4.69) is 29.4 Å². The molecule has 0 bridgehead atoms. The predicted octanol–water partition coefficient (Wildman–Crippen LogP) is 4.69. The Balaban J connectivity index is 2.08. The maximum Gasteiger partial charge on any atom is 0.0722 e. The van der Waals surface area contributed by atoms with Gasteiger partial charge in [-0.3, -0.25) is 4.98 Å². The van der Waals surface area contributed by atoms with Crippen LogP contribution in [0.2, 0.25) is 0 Å². The number of nitrogens with one attached hydrogen (secondary N) is 1. The molecule has 102 valence electrons. The van der Waals surface area contributed by atoms with E-state index in [1.807, 2.05) is 24.4 Å². The summed E-state index contributed by atoms with van der Waals surface area (Å²) in [5.41, 5.74) is 2.21. The number of pyridine rings is 1. The molecule has 1 aromatic heterocycles.